The molecule has 0 aliphatic rings. The van der Waals surface area contributed by atoms with E-state index in [0.717, 1.165) is 5.56 Å². The number of carbonyl (C=O) groups is 1. The van der Waals surface area contributed by atoms with Gasteiger partial charge in [0, 0.05) is 10.9 Å². The number of rotatable bonds is 3. The van der Waals surface area contributed by atoms with Crippen molar-refractivity contribution in [2.24, 2.45) is 0 Å². The highest BCUT2D eigenvalue weighted by molar-refractivity contribution is 7.91. The van der Waals surface area contributed by atoms with Crippen molar-refractivity contribution >= 4 is 27.0 Å². The van der Waals surface area contributed by atoms with Gasteiger partial charge in [0.1, 0.15) is 5.03 Å². The highest BCUT2D eigenvalue weighted by atomic mass is 32.2. The summed E-state index contributed by atoms with van der Waals surface area (Å²) in [6, 6.07) is 13.6. The van der Waals surface area contributed by atoms with E-state index in [9.17, 15) is 13.2 Å². The van der Waals surface area contributed by atoms with Crippen LogP contribution in [0.1, 0.15) is 15.9 Å². The number of aryl methyl sites for hydroxylation is 1. The molecule has 3 aromatic rings. The van der Waals surface area contributed by atoms with Crippen LogP contribution < -0.4 is 0 Å². The van der Waals surface area contributed by atoms with Crippen LogP contribution in [0.4, 0.5) is 0 Å². The van der Waals surface area contributed by atoms with Crippen molar-refractivity contribution in [1.29, 1.82) is 0 Å². The zero-order chi connectivity index (χ0) is 15.0. The summed E-state index contributed by atoms with van der Waals surface area (Å²) in [5.41, 5.74) is 1.78. The molecule has 0 amide bonds. The van der Waals surface area contributed by atoms with Gasteiger partial charge in [-0.1, -0.05) is 35.9 Å². The summed E-state index contributed by atoms with van der Waals surface area (Å²) in [4.78, 5) is 14.4. The predicted molar refractivity (Wildman–Crippen MR) is 80.3 cm³/mol. The van der Waals surface area contributed by atoms with Crippen LogP contribution >= 0.6 is 0 Å². The summed E-state index contributed by atoms with van der Waals surface area (Å²) in [6.45, 7) is 1.89. The van der Waals surface area contributed by atoms with Gasteiger partial charge in [0.25, 0.3) is 0 Å². The van der Waals surface area contributed by atoms with Crippen LogP contribution in [0.5, 0.6) is 0 Å². The van der Waals surface area contributed by atoms with Gasteiger partial charge in [-0.3, -0.25) is 4.79 Å². The Kier molecular flexibility index (Phi) is 3.14. The summed E-state index contributed by atoms with van der Waals surface area (Å²) >= 11 is 0. The second kappa shape index (κ2) is 4.86. The number of aromatic amines is 1. The van der Waals surface area contributed by atoms with Crippen LogP contribution in [0, 0.1) is 6.92 Å². The normalized spacial score (nSPS) is 11.7. The molecule has 0 bridgehead atoms. The van der Waals surface area contributed by atoms with Crippen molar-refractivity contribution in [2.75, 3.05) is 0 Å². The summed E-state index contributed by atoms with van der Waals surface area (Å²) in [7, 11) is -3.75. The third-order valence-electron chi connectivity index (χ3n) is 3.43. The Bertz CT molecular complexity index is 922. The highest BCUT2D eigenvalue weighted by Crippen LogP contribution is 2.28. The zero-order valence-electron chi connectivity index (χ0n) is 11.3. The lowest BCUT2D eigenvalue weighted by molar-refractivity contribution is 0.112. The second-order valence-electron chi connectivity index (χ2n) is 4.85. The number of aldehydes is 1. The first-order chi connectivity index (χ1) is 10.0. The van der Waals surface area contributed by atoms with Crippen LogP contribution in [-0.2, 0) is 9.84 Å². The zero-order valence-corrected chi connectivity index (χ0v) is 12.1. The van der Waals surface area contributed by atoms with Crippen LogP contribution in [0.15, 0.2) is 58.5 Å². The Morgan fingerprint density at radius 3 is 2.33 bits per heavy atom. The largest absolute Gasteiger partial charge is 0.345 e. The number of hydrogen-bond acceptors (Lipinski definition) is 3. The van der Waals surface area contributed by atoms with Crippen molar-refractivity contribution < 1.29 is 13.2 Å². The first-order valence-corrected chi connectivity index (χ1v) is 7.90. The van der Waals surface area contributed by atoms with Crippen LogP contribution in [0.2, 0.25) is 0 Å². The Morgan fingerprint density at radius 2 is 1.67 bits per heavy atom. The second-order valence-corrected chi connectivity index (χ2v) is 6.73. The van der Waals surface area contributed by atoms with Crippen LogP contribution in [0.25, 0.3) is 10.9 Å². The van der Waals surface area contributed by atoms with E-state index < -0.39 is 9.84 Å². The Balaban J connectivity index is 2.28. The molecule has 3 rings (SSSR count). The van der Waals surface area contributed by atoms with Crippen molar-refractivity contribution in [3.05, 3.63) is 59.7 Å². The Morgan fingerprint density at radius 1 is 1.00 bits per heavy atom. The third-order valence-corrected chi connectivity index (χ3v) is 5.18. The van der Waals surface area contributed by atoms with Gasteiger partial charge in [-0.2, -0.15) is 0 Å². The number of para-hydroxylation sites is 1. The topological polar surface area (TPSA) is 67.0 Å². The van der Waals surface area contributed by atoms with Gasteiger partial charge in [0.2, 0.25) is 9.84 Å². The molecule has 0 aliphatic carbocycles. The minimum Gasteiger partial charge on any atom is -0.345 e. The predicted octanol–water partition coefficient (Wildman–Crippen LogP) is 3.12. The van der Waals surface area contributed by atoms with E-state index in [1.54, 1.807) is 48.5 Å². The molecule has 0 spiro atoms. The van der Waals surface area contributed by atoms with Gasteiger partial charge in [-0.05, 0) is 25.1 Å². The minimum absolute atomic E-state index is 0.0532. The maximum absolute atomic E-state index is 12.7. The van der Waals surface area contributed by atoms with Crippen molar-refractivity contribution in [1.82, 2.24) is 4.98 Å². The molecule has 0 radical (unpaired) electrons. The fraction of sp³-hybridized carbons (Fsp3) is 0.0625. The molecule has 0 aliphatic heterocycles. The maximum atomic E-state index is 12.7. The lowest BCUT2D eigenvalue weighted by Gasteiger charge is -2.03. The monoisotopic (exact) mass is 299 g/mol. The summed E-state index contributed by atoms with van der Waals surface area (Å²) in [5.74, 6) is 0. The van der Waals surface area contributed by atoms with E-state index in [-0.39, 0.29) is 15.5 Å². The minimum atomic E-state index is -3.75. The number of nitrogens with one attached hydrogen (secondary N) is 1. The smallest absolute Gasteiger partial charge is 0.222 e. The van der Waals surface area contributed by atoms with Gasteiger partial charge in [-0.15, -0.1) is 0 Å². The molecule has 1 aromatic heterocycles. The van der Waals surface area contributed by atoms with Gasteiger partial charge < -0.3 is 4.98 Å². The number of fused-ring (bicyclic) bond motifs is 1. The standard InChI is InChI=1S/C16H13NO3S/c1-11-6-8-12(9-7-11)21(19,20)16-14(10-18)13-4-2-3-5-15(13)17-16/h2-10,17H,1H3. The van der Waals surface area contributed by atoms with Gasteiger partial charge >= 0.3 is 0 Å². The molecule has 0 saturated carbocycles. The van der Waals surface area contributed by atoms with Gasteiger partial charge in [-0.25, -0.2) is 8.42 Å². The van der Waals surface area contributed by atoms with Crippen molar-refractivity contribution in [2.45, 2.75) is 16.8 Å². The van der Waals surface area contributed by atoms with Crippen LogP contribution in [0.3, 0.4) is 0 Å². The molecule has 1 N–H and O–H groups in total. The number of aromatic nitrogens is 1. The number of carbonyl (C=O) groups excluding carboxylic acids is 1. The van der Waals surface area contributed by atoms with Crippen molar-refractivity contribution in [3.63, 3.8) is 0 Å². The quantitative estimate of drug-likeness (QED) is 0.756. The van der Waals surface area contributed by atoms with E-state index in [1.807, 2.05) is 6.92 Å². The van der Waals surface area contributed by atoms with E-state index in [2.05, 4.69) is 4.98 Å². The molecule has 0 atom stereocenters. The molecule has 5 heteroatoms. The number of benzene rings is 2. The fourth-order valence-electron chi connectivity index (χ4n) is 2.30. The number of hydrogen-bond donors (Lipinski definition) is 1. The lowest BCUT2D eigenvalue weighted by atomic mass is 10.2. The molecule has 106 valence electrons. The van der Waals surface area contributed by atoms with E-state index in [4.69, 9.17) is 0 Å². The summed E-state index contributed by atoms with van der Waals surface area (Å²) in [6.07, 6.45) is 0.583. The average Bonchev–Trinajstić information content (AvgIpc) is 2.87. The third kappa shape index (κ3) is 2.15. The van der Waals surface area contributed by atoms with E-state index >= 15 is 0 Å². The first kappa shape index (κ1) is 13.6. The van der Waals surface area contributed by atoms with Crippen molar-refractivity contribution in [3.8, 4) is 0 Å². The summed E-state index contributed by atoms with van der Waals surface area (Å²) < 4.78 is 25.4. The molecule has 0 unspecified atom stereocenters. The fourth-order valence-corrected chi connectivity index (χ4v) is 3.73. The van der Waals surface area contributed by atoms with Crippen LogP contribution in [-0.4, -0.2) is 19.7 Å². The highest BCUT2D eigenvalue weighted by Gasteiger charge is 2.25. The Hall–Kier alpha value is -2.40. The van der Waals surface area contributed by atoms with E-state index in [0.29, 0.717) is 17.2 Å². The van der Waals surface area contributed by atoms with Gasteiger partial charge in [0.05, 0.1) is 10.5 Å². The molecule has 1 heterocycles. The summed E-state index contributed by atoms with van der Waals surface area (Å²) in [5, 5.41) is 0.556. The molecule has 2 aromatic carbocycles. The SMILES string of the molecule is Cc1ccc(S(=O)(=O)c2[nH]c3ccccc3c2C=O)cc1. The van der Waals surface area contributed by atoms with E-state index in [1.165, 1.54) is 0 Å². The molecular formula is C16H13NO3S. The first-order valence-electron chi connectivity index (χ1n) is 6.41. The molecule has 21 heavy (non-hydrogen) atoms. The van der Waals surface area contributed by atoms with Gasteiger partial charge in [0.15, 0.2) is 6.29 Å². The number of H-pyrrole nitrogens is 1. The average molecular weight is 299 g/mol. The molecule has 0 saturated heterocycles. The maximum Gasteiger partial charge on any atom is 0.222 e. The Labute approximate surface area is 122 Å². The lowest BCUT2D eigenvalue weighted by Crippen LogP contribution is -2.05. The molecular weight excluding hydrogens is 286 g/mol. The molecule has 4 nitrogen and oxygen atoms in total. The number of sulfone groups is 1. The molecule has 0 fully saturated rings.